The minimum atomic E-state index is -2.07. The van der Waals surface area contributed by atoms with Crippen LogP contribution in [0.1, 0.15) is 32.1 Å². The average Bonchev–Trinajstić information content (AvgIpc) is 2.94. The Morgan fingerprint density at radius 3 is 2.26 bits per heavy atom. The number of aliphatic hydroxyl groups excluding tert-OH is 1. The second-order valence-corrected chi connectivity index (χ2v) is 6.81. The van der Waals surface area contributed by atoms with Crippen LogP contribution in [0.3, 0.4) is 0 Å². The number of ether oxygens (including phenoxy) is 4. The maximum atomic E-state index is 12.9. The van der Waals surface area contributed by atoms with Gasteiger partial charge in [0.05, 0.1) is 25.4 Å². The first-order valence-electron chi connectivity index (χ1n) is 8.39. The van der Waals surface area contributed by atoms with Crippen molar-refractivity contribution >= 4 is 39.8 Å². The molecule has 2 rings (SSSR count). The van der Waals surface area contributed by atoms with Crippen molar-refractivity contribution in [2.24, 2.45) is 0 Å². The Kier molecular flexibility index (Phi) is 6.99. The molecule has 10 heteroatoms. The van der Waals surface area contributed by atoms with Crippen molar-refractivity contribution < 1.29 is 43.2 Å². The molecule has 0 saturated heterocycles. The monoisotopic (exact) mass is 448 g/mol. The highest BCUT2D eigenvalue weighted by Gasteiger charge is 2.52. The van der Waals surface area contributed by atoms with Gasteiger partial charge in [0, 0.05) is 5.33 Å². The van der Waals surface area contributed by atoms with Gasteiger partial charge in [-0.3, -0.25) is 0 Å². The summed E-state index contributed by atoms with van der Waals surface area (Å²) < 4.78 is 19.5. The minimum Gasteiger partial charge on any atom is -0.467 e. The molecule has 150 valence electrons. The number of aliphatic hydroxyl groups is 1. The smallest absolute Gasteiger partial charge is 0.350 e. The van der Waals surface area contributed by atoms with Crippen molar-refractivity contribution in [3.63, 3.8) is 0 Å². The Bertz CT molecular complexity index is 663. The summed E-state index contributed by atoms with van der Waals surface area (Å²) >= 11 is 3.17. The summed E-state index contributed by atoms with van der Waals surface area (Å²) in [4.78, 5) is 48.6. The lowest BCUT2D eigenvalue weighted by Crippen LogP contribution is -2.46. The van der Waals surface area contributed by atoms with E-state index in [1.54, 1.807) is 0 Å². The van der Waals surface area contributed by atoms with Gasteiger partial charge in [0.2, 0.25) is 6.10 Å². The Hall–Kier alpha value is -1.94. The normalized spacial score (nSPS) is 20.7. The maximum absolute atomic E-state index is 12.9. The predicted octanol–water partition coefficient (Wildman–Crippen LogP) is 0.556. The van der Waals surface area contributed by atoms with Gasteiger partial charge in [-0.2, -0.15) is 0 Å². The molecule has 0 radical (unpaired) electrons. The molecule has 1 fully saturated rings. The number of carbonyl (C=O) groups excluding carboxylic acids is 4. The van der Waals surface area contributed by atoms with E-state index in [1.165, 1.54) is 0 Å². The molecule has 1 N–H and O–H groups in total. The summed E-state index contributed by atoms with van der Waals surface area (Å²) in [5.74, 6) is -3.95. The zero-order valence-corrected chi connectivity index (χ0v) is 16.6. The Labute approximate surface area is 164 Å². The first kappa shape index (κ1) is 21.4. The molecule has 2 unspecified atom stereocenters. The predicted molar refractivity (Wildman–Crippen MR) is 92.6 cm³/mol. The van der Waals surface area contributed by atoms with Gasteiger partial charge in [-0.25, -0.2) is 19.2 Å². The summed E-state index contributed by atoms with van der Waals surface area (Å²) in [6.45, 7) is 0. The fraction of sp³-hybridized carbons (Fsp3) is 0.647. The molecule has 1 saturated carbocycles. The second kappa shape index (κ2) is 8.83. The maximum Gasteiger partial charge on any atom is 0.350 e. The van der Waals surface area contributed by atoms with Gasteiger partial charge < -0.3 is 24.1 Å². The highest BCUT2D eigenvalue weighted by atomic mass is 79.9. The summed E-state index contributed by atoms with van der Waals surface area (Å²) in [5.41, 5.74) is -1.01. The van der Waals surface area contributed by atoms with Gasteiger partial charge >= 0.3 is 23.9 Å². The van der Waals surface area contributed by atoms with Crippen molar-refractivity contribution in [3.8, 4) is 0 Å². The molecule has 0 aromatic carbocycles. The lowest BCUT2D eigenvalue weighted by Gasteiger charge is -2.34. The van der Waals surface area contributed by atoms with E-state index in [1.807, 2.05) is 0 Å². The standard InChI is InChI=1S/C17H21BrO9/c1-24-15(22)11(19)12(16(23)25-2)26-14(21)10-9(8-18)13(20)27-17(10)6-4-3-5-7-17/h11-12,19H,3-8H2,1-2H3. The van der Waals surface area contributed by atoms with Crippen LogP contribution in [-0.2, 0) is 38.1 Å². The van der Waals surface area contributed by atoms with Crippen molar-refractivity contribution in [2.45, 2.75) is 49.9 Å². The van der Waals surface area contributed by atoms with E-state index in [9.17, 15) is 24.3 Å². The van der Waals surface area contributed by atoms with E-state index in [0.717, 1.165) is 33.5 Å². The van der Waals surface area contributed by atoms with E-state index in [2.05, 4.69) is 25.4 Å². The summed E-state index contributed by atoms with van der Waals surface area (Å²) in [7, 11) is 2.02. The number of alkyl halides is 1. The molecule has 0 aromatic heterocycles. The highest BCUT2D eigenvalue weighted by molar-refractivity contribution is 9.09. The van der Waals surface area contributed by atoms with E-state index in [4.69, 9.17) is 9.47 Å². The highest BCUT2D eigenvalue weighted by Crippen LogP contribution is 2.44. The third-order valence-corrected chi connectivity index (χ3v) is 5.25. The van der Waals surface area contributed by atoms with Crippen molar-refractivity contribution in [3.05, 3.63) is 11.1 Å². The fourth-order valence-electron chi connectivity index (χ4n) is 3.35. The number of rotatable bonds is 6. The van der Waals surface area contributed by atoms with Gasteiger partial charge in [-0.15, -0.1) is 0 Å². The van der Waals surface area contributed by atoms with Crippen LogP contribution in [0.4, 0.5) is 0 Å². The first-order valence-corrected chi connectivity index (χ1v) is 9.51. The van der Waals surface area contributed by atoms with Gasteiger partial charge in [-0.1, -0.05) is 22.4 Å². The molecule has 1 aliphatic heterocycles. The van der Waals surface area contributed by atoms with Crippen molar-refractivity contribution in [1.29, 1.82) is 0 Å². The summed E-state index contributed by atoms with van der Waals surface area (Å²) in [6, 6.07) is 0. The molecular formula is C17H21BrO9. The first-order chi connectivity index (χ1) is 12.8. The van der Waals surface area contributed by atoms with Crippen molar-refractivity contribution in [1.82, 2.24) is 0 Å². The average molecular weight is 449 g/mol. The van der Waals surface area contributed by atoms with Crippen LogP contribution >= 0.6 is 15.9 Å². The van der Waals surface area contributed by atoms with E-state index >= 15 is 0 Å². The molecule has 2 aliphatic rings. The number of halogens is 1. The second-order valence-electron chi connectivity index (χ2n) is 6.25. The van der Waals surface area contributed by atoms with Crippen LogP contribution in [0.15, 0.2) is 11.1 Å². The van der Waals surface area contributed by atoms with Crippen LogP contribution in [0.5, 0.6) is 0 Å². The molecule has 1 aliphatic carbocycles. The molecule has 1 spiro atoms. The lowest BCUT2D eigenvalue weighted by molar-refractivity contribution is -0.180. The molecule has 9 nitrogen and oxygen atoms in total. The largest absolute Gasteiger partial charge is 0.467 e. The van der Waals surface area contributed by atoms with Gasteiger partial charge in [0.1, 0.15) is 5.60 Å². The van der Waals surface area contributed by atoms with Crippen LogP contribution in [0.25, 0.3) is 0 Å². The van der Waals surface area contributed by atoms with E-state index in [-0.39, 0.29) is 16.5 Å². The zero-order valence-electron chi connectivity index (χ0n) is 15.0. The van der Waals surface area contributed by atoms with Gasteiger partial charge in [-0.05, 0) is 25.7 Å². The van der Waals surface area contributed by atoms with Crippen LogP contribution in [-0.4, -0.2) is 66.3 Å². The Morgan fingerprint density at radius 2 is 1.74 bits per heavy atom. The van der Waals surface area contributed by atoms with Crippen LogP contribution in [0, 0.1) is 0 Å². The number of hydrogen-bond donors (Lipinski definition) is 1. The molecule has 27 heavy (non-hydrogen) atoms. The van der Waals surface area contributed by atoms with Gasteiger partial charge in [0.15, 0.2) is 6.10 Å². The van der Waals surface area contributed by atoms with E-state index in [0.29, 0.717) is 12.8 Å². The Morgan fingerprint density at radius 1 is 1.15 bits per heavy atom. The van der Waals surface area contributed by atoms with Crippen LogP contribution < -0.4 is 0 Å². The summed E-state index contributed by atoms with van der Waals surface area (Å²) in [5, 5.41) is 10.0. The molecule has 0 bridgehead atoms. The lowest BCUT2D eigenvalue weighted by atomic mass is 9.79. The minimum absolute atomic E-state index is 0.00930. The number of carbonyl (C=O) groups is 4. The number of esters is 4. The third-order valence-electron chi connectivity index (χ3n) is 4.69. The molecule has 1 heterocycles. The summed E-state index contributed by atoms with van der Waals surface area (Å²) in [6.07, 6.45) is -0.660. The SMILES string of the molecule is COC(=O)C(O)C(OC(=O)C1=C(CBr)C(=O)OC12CCCCC2)C(=O)OC. The quantitative estimate of drug-likeness (QED) is 0.352. The number of methoxy groups -OCH3 is 2. The van der Waals surface area contributed by atoms with Gasteiger partial charge in [0.25, 0.3) is 0 Å². The molecule has 0 aromatic rings. The molecule has 2 atom stereocenters. The van der Waals surface area contributed by atoms with Crippen LogP contribution in [0.2, 0.25) is 0 Å². The zero-order chi connectivity index (χ0) is 20.2. The number of hydrogen-bond acceptors (Lipinski definition) is 9. The Balaban J connectivity index is 2.36. The molecule has 0 amide bonds. The fourth-order valence-corrected chi connectivity index (χ4v) is 3.86. The third kappa shape index (κ3) is 4.16. The molecular weight excluding hydrogens is 428 g/mol. The van der Waals surface area contributed by atoms with Crippen molar-refractivity contribution in [2.75, 3.05) is 19.5 Å². The topological polar surface area (TPSA) is 125 Å². The van der Waals surface area contributed by atoms with E-state index < -0.39 is 41.7 Å².